The molecule has 2 atom stereocenters. The highest BCUT2D eigenvalue weighted by Gasteiger charge is 2.48. The molecule has 0 radical (unpaired) electrons. The van der Waals surface area contributed by atoms with Gasteiger partial charge in [0.25, 0.3) is 0 Å². The summed E-state index contributed by atoms with van der Waals surface area (Å²) >= 11 is 0. The van der Waals surface area contributed by atoms with E-state index in [1.807, 2.05) is 11.0 Å². The molecule has 4 heteroatoms. The van der Waals surface area contributed by atoms with Crippen molar-refractivity contribution >= 4 is 6.09 Å². The number of amides is 1. The van der Waals surface area contributed by atoms with Gasteiger partial charge in [0.05, 0.1) is 12.6 Å². The van der Waals surface area contributed by atoms with Gasteiger partial charge in [0.2, 0.25) is 0 Å². The van der Waals surface area contributed by atoms with E-state index in [4.69, 9.17) is 4.74 Å². The zero-order valence-corrected chi connectivity index (χ0v) is 12.7. The van der Waals surface area contributed by atoms with Gasteiger partial charge in [-0.25, -0.2) is 4.79 Å². The number of hydrogen-bond acceptors (Lipinski definition) is 3. The van der Waals surface area contributed by atoms with Gasteiger partial charge in [-0.15, -0.1) is 0 Å². The lowest BCUT2D eigenvalue weighted by atomic mass is 9.96. The molecule has 1 aromatic rings. The minimum atomic E-state index is -0.115. The van der Waals surface area contributed by atoms with Crippen molar-refractivity contribution in [1.29, 1.82) is 0 Å². The molecule has 2 saturated heterocycles. The van der Waals surface area contributed by atoms with Crippen LogP contribution in [0.15, 0.2) is 30.3 Å². The van der Waals surface area contributed by atoms with Gasteiger partial charge in [0.15, 0.2) is 0 Å². The van der Waals surface area contributed by atoms with Gasteiger partial charge in [-0.05, 0) is 18.4 Å². The summed E-state index contributed by atoms with van der Waals surface area (Å²) in [5, 5.41) is 0. The highest BCUT2D eigenvalue weighted by atomic mass is 16.6. The summed E-state index contributed by atoms with van der Waals surface area (Å²) in [7, 11) is 0. The third-order valence-electron chi connectivity index (χ3n) is 4.59. The van der Waals surface area contributed by atoms with Gasteiger partial charge in [0.1, 0.15) is 0 Å². The van der Waals surface area contributed by atoms with Crippen LogP contribution in [-0.2, 0) is 11.3 Å². The van der Waals surface area contributed by atoms with Crippen LogP contribution >= 0.6 is 0 Å². The fourth-order valence-electron chi connectivity index (χ4n) is 3.33. The van der Waals surface area contributed by atoms with E-state index in [1.165, 1.54) is 5.56 Å². The number of benzene rings is 1. The zero-order valence-electron chi connectivity index (χ0n) is 12.7. The quantitative estimate of drug-likeness (QED) is 0.781. The number of likely N-dealkylation sites (tertiary alicyclic amines) is 2. The first-order valence-corrected chi connectivity index (χ1v) is 8.01. The van der Waals surface area contributed by atoms with Gasteiger partial charge in [-0.3, -0.25) is 4.90 Å². The van der Waals surface area contributed by atoms with Crippen molar-refractivity contribution in [3.05, 3.63) is 35.9 Å². The Hall–Kier alpha value is -1.55. The van der Waals surface area contributed by atoms with Crippen LogP contribution in [0.5, 0.6) is 0 Å². The molecule has 0 aliphatic carbocycles. The summed E-state index contributed by atoms with van der Waals surface area (Å²) in [6.45, 7) is 5.46. The van der Waals surface area contributed by atoms with Gasteiger partial charge in [0, 0.05) is 25.7 Å². The fraction of sp³-hybridized carbons (Fsp3) is 0.588. The molecular weight excluding hydrogens is 264 g/mol. The Kier molecular flexibility index (Phi) is 4.44. The van der Waals surface area contributed by atoms with E-state index in [2.05, 4.69) is 36.1 Å². The molecule has 3 rings (SSSR count). The van der Waals surface area contributed by atoms with E-state index in [9.17, 15) is 4.79 Å². The Bertz CT molecular complexity index is 477. The van der Waals surface area contributed by atoms with Crippen LogP contribution in [-0.4, -0.2) is 47.7 Å². The van der Waals surface area contributed by atoms with Crippen LogP contribution < -0.4 is 0 Å². The summed E-state index contributed by atoms with van der Waals surface area (Å²) in [6, 6.07) is 11.4. The number of carbonyl (C=O) groups excluding carboxylic acids is 1. The molecule has 2 fully saturated rings. The number of nitrogens with zero attached hydrogens (tertiary/aromatic N) is 2. The van der Waals surface area contributed by atoms with E-state index >= 15 is 0 Å². The number of rotatable bonds is 5. The van der Waals surface area contributed by atoms with Crippen molar-refractivity contribution in [1.82, 2.24) is 9.80 Å². The van der Waals surface area contributed by atoms with Gasteiger partial charge in [-0.1, -0.05) is 43.7 Å². The third kappa shape index (κ3) is 3.05. The lowest BCUT2D eigenvalue weighted by Crippen LogP contribution is -2.62. The number of fused-ring (bicyclic) bond motifs is 1. The predicted molar refractivity (Wildman–Crippen MR) is 82.0 cm³/mol. The molecule has 4 nitrogen and oxygen atoms in total. The van der Waals surface area contributed by atoms with Crippen LogP contribution in [0.3, 0.4) is 0 Å². The lowest BCUT2D eigenvalue weighted by molar-refractivity contribution is 0.0114. The van der Waals surface area contributed by atoms with Crippen LogP contribution in [0, 0.1) is 0 Å². The lowest BCUT2D eigenvalue weighted by Gasteiger charge is -2.46. The molecule has 1 amide bonds. The summed E-state index contributed by atoms with van der Waals surface area (Å²) in [6.07, 6.45) is 2.97. The van der Waals surface area contributed by atoms with E-state index in [0.717, 1.165) is 38.9 Å². The van der Waals surface area contributed by atoms with Crippen molar-refractivity contribution in [2.45, 2.75) is 44.8 Å². The Balaban J connectivity index is 1.49. The summed E-state index contributed by atoms with van der Waals surface area (Å²) < 4.78 is 5.34. The van der Waals surface area contributed by atoms with Crippen molar-refractivity contribution in [2.75, 3.05) is 19.7 Å². The largest absolute Gasteiger partial charge is 0.449 e. The van der Waals surface area contributed by atoms with Gasteiger partial charge >= 0.3 is 6.09 Å². The van der Waals surface area contributed by atoms with Crippen LogP contribution in [0.2, 0.25) is 0 Å². The van der Waals surface area contributed by atoms with Gasteiger partial charge in [-0.2, -0.15) is 0 Å². The Morgan fingerprint density at radius 3 is 2.86 bits per heavy atom. The molecule has 114 valence electrons. The second-order valence-electron chi connectivity index (χ2n) is 6.00. The average Bonchev–Trinajstić information content (AvgIpc) is 2.83. The maximum atomic E-state index is 12.1. The Labute approximate surface area is 126 Å². The molecule has 0 spiro atoms. The smallest absolute Gasteiger partial charge is 0.410 e. The van der Waals surface area contributed by atoms with E-state index < -0.39 is 0 Å². The van der Waals surface area contributed by atoms with Crippen LogP contribution in [0.25, 0.3) is 0 Å². The second kappa shape index (κ2) is 6.48. The SMILES string of the molecule is CCCCOC(=O)N1CC[C@@H]2[C@H]1CN2Cc1ccccc1. The number of unbranched alkanes of at least 4 members (excludes halogenated alkanes) is 1. The highest BCUT2D eigenvalue weighted by molar-refractivity contribution is 5.69. The monoisotopic (exact) mass is 288 g/mol. The topological polar surface area (TPSA) is 32.8 Å². The molecule has 0 saturated carbocycles. The van der Waals surface area contributed by atoms with Gasteiger partial charge < -0.3 is 9.64 Å². The summed E-state index contributed by atoms with van der Waals surface area (Å²) in [5.74, 6) is 0. The number of hydrogen-bond donors (Lipinski definition) is 0. The number of ether oxygens (including phenoxy) is 1. The fourth-order valence-corrected chi connectivity index (χ4v) is 3.33. The Morgan fingerprint density at radius 1 is 1.29 bits per heavy atom. The van der Waals surface area contributed by atoms with Crippen LogP contribution in [0.4, 0.5) is 4.79 Å². The predicted octanol–water partition coefficient (Wildman–Crippen LogP) is 2.88. The minimum absolute atomic E-state index is 0.115. The van der Waals surface area contributed by atoms with Crippen molar-refractivity contribution in [3.8, 4) is 0 Å². The highest BCUT2D eigenvalue weighted by Crippen LogP contribution is 2.34. The maximum Gasteiger partial charge on any atom is 0.410 e. The van der Waals surface area contributed by atoms with Crippen molar-refractivity contribution in [3.63, 3.8) is 0 Å². The van der Waals surface area contributed by atoms with Crippen LogP contribution in [0.1, 0.15) is 31.7 Å². The second-order valence-corrected chi connectivity index (χ2v) is 6.00. The van der Waals surface area contributed by atoms with E-state index in [-0.39, 0.29) is 6.09 Å². The average molecular weight is 288 g/mol. The van der Waals surface area contributed by atoms with E-state index in [0.29, 0.717) is 18.7 Å². The first-order valence-electron chi connectivity index (χ1n) is 8.01. The minimum Gasteiger partial charge on any atom is -0.449 e. The summed E-state index contributed by atoms with van der Waals surface area (Å²) in [5.41, 5.74) is 1.35. The third-order valence-corrected chi connectivity index (χ3v) is 4.59. The molecule has 0 bridgehead atoms. The van der Waals surface area contributed by atoms with Crippen molar-refractivity contribution in [2.24, 2.45) is 0 Å². The molecule has 0 aromatic heterocycles. The first-order chi connectivity index (χ1) is 10.3. The number of carbonyl (C=O) groups is 1. The molecule has 2 heterocycles. The molecule has 21 heavy (non-hydrogen) atoms. The molecular formula is C17H24N2O2. The molecule has 0 unspecified atom stereocenters. The summed E-state index contributed by atoms with van der Waals surface area (Å²) in [4.78, 5) is 16.5. The maximum absolute atomic E-state index is 12.1. The molecule has 2 aliphatic heterocycles. The van der Waals surface area contributed by atoms with Crippen molar-refractivity contribution < 1.29 is 9.53 Å². The Morgan fingerprint density at radius 2 is 2.10 bits per heavy atom. The zero-order chi connectivity index (χ0) is 14.7. The normalized spacial score (nSPS) is 24.5. The molecule has 0 N–H and O–H groups in total. The molecule has 1 aromatic carbocycles. The standard InChI is InChI=1S/C17H24N2O2/c1-2-3-11-21-17(20)19-10-9-15-16(19)13-18(15)12-14-7-5-4-6-8-14/h4-8,15-16H,2-3,9-13H2,1H3/t15-,16-/m1/s1. The van der Waals surface area contributed by atoms with E-state index in [1.54, 1.807) is 0 Å². The first kappa shape index (κ1) is 14.4. The molecule has 2 aliphatic rings.